The Labute approximate surface area is 185 Å². The molecule has 1 aromatic heterocycles. The van der Waals surface area contributed by atoms with Crippen LogP contribution in [0.15, 0.2) is 48.7 Å². The number of nitrogens with two attached hydrogens (primary N) is 1. The maximum Gasteiger partial charge on any atom is 0.491 e. The van der Waals surface area contributed by atoms with Crippen molar-refractivity contribution >= 4 is 22.8 Å². The van der Waals surface area contributed by atoms with Gasteiger partial charge in [-0.3, -0.25) is 9.69 Å². The number of morpholine rings is 1. The summed E-state index contributed by atoms with van der Waals surface area (Å²) in [6, 6.07) is 12.6. The van der Waals surface area contributed by atoms with E-state index < -0.39 is 23.8 Å². The van der Waals surface area contributed by atoms with Crippen LogP contribution in [0.25, 0.3) is 16.6 Å². The third-order valence-corrected chi connectivity index (χ3v) is 5.94. The molecule has 2 N–H and O–H groups in total. The number of hydrogen-bond donors (Lipinski definition) is 1. The van der Waals surface area contributed by atoms with Crippen molar-refractivity contribution in [3.63, 3.8) is 0 Å². The maximum absolute atomic E-state index is 12.6. The fraction of sp³-hybridized carbons (Fsp3) is 0.318. The number of likely N-dealkylation sites (tertiary alicyclic amines) is 1. The Hall–Kier alpha value is -3.44. The van der Waals surface area contributed by atoms with Gasteiger partial charge in [0, 0.05) is 30.6 Å². The van der Waals surface area contributed by atoms with Crippen LogP contribution in [0.2, 0.25) is 0 Å². The number of amides is 1. The monoisotopic (exact) mass is 460 g/mol. The van der Waals surface area contributed by atoms with Crippen LogP contribution in [-0.4, -0.2) is 57.7 Å². The molecule has 8 nitrogen and oxygen atoms in total. The fourth-order valence-corrected chi connectivity index (χ4v) is 4.39. The zero-order chi connectivity index (χ0) is 23.4. The first-order valence-corrected chi connectivity index (χ1v) is 10.2. The minimum Gasteiger partial charge on any atom is -0.425 e. The van der Waals surface area contributed by atoms with E-state index in [1.54, 1.807) is 23.0 Å². The number of hydrogen-bond acceptors (Lipinski definition) is 6. The molecule has 2 aliphatic rings. The molecule has 2 bridgehead atoms. The van der Waals surface area contributed by atoms with Gasteiger partial charge in [0.15, 0.2) is 0 Å². The second-order valence-corrected chi connectivity index (χ2v) is 8.22. The number of primary amides is 1. The highest BCUT2D eigenvalue weighted by molar-refractivity contribution is 6.04. The molecular formula is C22H19F3N4O4. The van der Waals surface area contributed by atoms with E-state index in [-0.39, 0.29) is 25.6 Å². The van der Waals surface area contributed by atoms with Crippen molar-refractivity contribution in [2.45, 2.75) is 31.0 Å². The first-order chi connectivity index (χ1) is 15.6. The van der Waals surface area contributed by atoms with E-state index in [4.69, 9.17) is 10.5 Å². The molecule has 1 amide bonds. The molecule has 33 heavy (non-hydrogen) atoms. The Bertz CT molecular complexity index is 1240. The lowest BCUT2D eigenvalue weighted by molar-refractivity contribution is -0.254. The Morgan fingerprint density at radius 2 is 1.97 bits per heavy atom. The van der Waals surface area contributed by atoms with Crippen LogP contribution in [0.1, 0.15) is 22.3 Å². The Kier molecular flexibility index (Phi) is 4.91. The predicted molar refractivity (Wildman–Crippen MR) is 109 cm³/mol. The van der Waals surface area contributed by atoms with Crippen molar-refractivity contribution in [3.8, 4) is 5.69 Å². The minimum absolute atomic E-state index is 0.0711. The summed E-state index contributed by atoms with van der Waals surface area (Å²) >= 11 is 0. The Morgan fingerprint density at radius 1 is 1.21 bits per heavy atom. The van der Waals surface area contributed by atoms with Gasteiger partial charge in [0.2, 0.25) is 5.79 Å². The molecule has 5 rings (SSSR count). The molecule has 2 fully saturated rings. The summed E-state index contributed by atoms with van der Waals surface area (Å²) in [5, 5.41) is 5.25. The highest BCUT2D eigenvalue weighted by atomic mass is 19.4. The molecule has 172 valence electrons. The van der Waals surface area contributed by atoms with Gasteiger partial charge in [-0.25, -0.2) is 9.48 Å². The summed E-state index contributed by atoms with van der Waals surface area (Å²) in [6.45, 7) is 0.736. The smallest absolute Gasteiger partial charge is 0.425 e. The van der Waals surface area contributed by atoms with Crippen LogP contribution in [0, 0.1) is 0 Å². The van der Waals surface area contributed by atoms with Gasteiger partial charge in [-0.1, -0.05) is 24.3 Å². The summed E-state index contributed by atoms with van der Waals surface area (Å²) < 4.78 is 49.5. The number of benzene rings is 2. The predicted octanol–water partition coefficient (Wildman–Crippen LogP) is 2.53. The van der Waals surface area contributed by atoms with Crippen molar-refractivity contribution in [1.29, 1.82) is 0 Å². The van der Waals surface area contributed by atoms with E-state index in [1.165, 1.54) is 0 Å². The number of carbonyl (C=O) groups excluding carboxylic acids is 2. The van der Waals surface area contributed by atoms with Crippen molar-refractivity contribution < 1.29 is 32.2 Å². The summed E-state index contributed by atoms with van der Waals surface area (Å²) in [5.41, 5.74) is 7.98. The molecule has 3 heterocycles. The average Bonchev–Trinajstić information content (AvgIpc) is 3.45. The topological polar surface area (TPSA) is 99.7 Å². The number of alkyl halides is 3. The third-order valence-electron chi connectivity index (χ3n) is 5.94. The van der Waals surface area contributed by atoms with Crippen molar-refractivity contribution in [2.24, 2.45) is 5.73 Å². The molecule has 0 radical (unpaired) electrons. The molecule has 11 heteroatoms. The molecule has 0 spiro atoms. The Morgan fingerprint density at radius 3 is 2.67 bits per heavy atom. The van der Waals surface area contributed by atoms with Crippen LogP contribution >= 0.6 is 0 Å². The van der Waals surface area contributed by atoms with Crippen molar-refractivity contribution in [2.75, 3.05) is 13.2 Å². The summed E-state index contributed by atoms with van der Waals surface area (Å²) in [4.78, 5) is 24.9. The highest BCUT2D eigenvalue weighted by Gasteiger charge is 2.56. The van der Waals surface area contributed by atoms with E-state index in [9.17, 15) is 22.8 Å². The zero-order valence-corrected chi connectivity index (χ0v) is 17.2. The molecule has 0 unspecified atom stereocenters. The summed E-state index contributed by atoms with van der Waals surface area (Å²) in [5.74, 6) is -4.34. The SMILES string of the molecule is NC(=O)c1cccc2cn(-c3ccc(CN4C[C@]5(OC(=O)C(F)(F)F)C[C@H]4CO5)cc3)nc12. The van der Waals surface area contributed by atoms with Crippen molar-refractivity contribution in [3.05, 3.63) is 59.8 Å². The van der Waals surface area contributed by atoms with Crippen LogP contribution < -0.4 is 5.73 Å². The van der Waals surface area contributed by atoms with E-state index in [1.807, 2.05) is 35.2 Å². The van der Waals surface area contributed by atoms with Gasteiger partial charge in [0.1, 0.15) is 5.52 Å². The fourth-order valence-electron chi connectivity index (χ4n) is 4.39. The quantitative estimate of drug-likeness (QED) is 0.588. The molecule has 2 saturated heterocycles. The minimum atomic E-state index is -5.06. The molecule has 2 atom stereocenters. The van der Waals surface area contributed by atoms with Crippen LogP contribution in [0.3, 0.4) is 0 Å². The summed E-state index contributed by atoms with van der Waals surface area (Å²) in [7, 11) is 0. The van der Waals surface area contributed by atoms with Crippen molar-refractivity contribution in [1.82, 2.24) is 14.7 Å². The lowest BCUT2D eigenvalue weighted by Gasteiger charge is -2.32. The molecule has 2 aromatic carbocycles. The number of nitrogens with zero attached hydrogens (tertiary/aromatic N) is 3. The molecule has 3 aromatic rings. The number of esters is 1. The maximum atomic E-state index is 12.6. The number of carbonyl (C=O) groups is 2. The normalized spacial score (nSPS) is 22.7. The van der Waals surface area contributed by atoms with Crippen LogP contribution in [0.5, 0.6) is 0 Å². The van der Waals surface area contributed by atoms with Gasteiger partial charge in [-0.15, -0.1) is 0 Å². The molecule has 0 aliphatic carbocycles. The average molecular weight is 460 g/mol. The van der Waals surface area contributed by atoms with Gasteiger partial charge in [-0.2, -0.15) is 18.3 Å². The largest absolute Gasteiger partial charge is 0.491 e. The lowest BCUT2D eigenvalue weighted by Crippen LogP contribution is -2.46. The van der Waals surface area contributed by atoms with Gasteiger partial charge in [0.25, 0.3) is 5.91 Å². The molecule has 2 aliphatic heterocycles. The van der Waals surface area contributed by atoms with Gasteiger partial charge in [0.05, 0.1) is 24.4 Å². The second kappa shape index (κ2) is 7.56. The summed E-state index contributed by atoms with van der Waals surface area (Å²) in [6.07, 6.45) is -3.06. The first kappa shape index (κ1) is 21.4. The van der Waals surface area contributed by atoms with E-state index in [2.05, 4.69) is 9.84 Å². The standard InChI is InChI=1S/C22H19F3N4O4/c23-22(24,25)20(31)33-21-8-16(11-32-21)28(12-21)9-13-4-6-15(7-5-13)29-10-14-2-1-3-17(19(26)30)18(14)27-29/h1-7,10,16H,8-9,11-12H2,(H2,26,30)/t16-,21+/m0/s1. The first-order valence-electron chi connectivity index (χ1n) is 10.2. The number of ether oxygens (including phenoxy) is 2. The zero-order valence-electron chi connectivity index (χ0n) is 17.2. The number of rotatable bonds is 5. The number of aromatic nitrogens is 2. The number of fused-ring (bicyclic) bond motifs is 3. The van der Waals surface area contributed by atoms with E-state index >= 15 is 0 Å². The molecular weight excluding hydrogens is 441 g/mol. The molecule has 0 saturated carbocycles. The van der Waals surface area contributed by atoms with E-state index in [0.717, 1.165) is 16.6 Å². The van der Waals surface area contributed by atoms with Crippen LogP contribution in [-0.2, 0) is 20.8 Å². The third kappa shape index (κ3) is 3.93. The van der Waals surface area contributed by atoms with Gasteiger partial charge in [-0.05, 0) is 23.8 Å². The van der Waals surface area contributed by atoms with E-state index in [0.29, 0.717) is 17.6 Å². The lowest BCUT2D eigenvalue weighted by atomic mass is 10.1. The van der Waals surface area contributed by atoms with Gasteiger partial charge < -0.3 is 15.2 Å². The van der Waals surface area contributed by atoms with Crippen LogP contribution in [0.4, 0.5) is 13.2 Å². The number of halogens is 3. The Balaban J connectivity index is 1.30. The highest BCUT2D eigenvalue weighted by Crippen LogP contribution is 2.40. The second-order valence-electron chi connectivity index (χ2n) is 8.22. The van der Waals surface area contributed by atoms with Gasteiger partial charge >= 0.3 is 12.1 Å².